The number of carbonyl (C=O) groups is 1. The molecule has 0 saturated carbocycles. The standard InChI is InChI=1S/C25H24N4O2S/c1-18(31-21-9-7-20(8-10-21)19-5-3-2-4-6-19)25(30)29-14-12-28(13-15-29)23-22-11-16-32-24(22)27-17-26-23/h2-11,16-18H,12-15H2,1H3. The third-order valence-corrected chi connectivity index (χ3v) is 6.57. The Bertz CT molecular complexity index is 1200. The average molecular weight is 445 g/mol. The largest absolute Gasteiger partial charge is 0.481 e. The quantitative estimate of drug-likeness (QED) is 0.454. The molecule has 7 heteroatoms. The molecule has 2 aromatic heterocycles. The number of aromatic nitrogens is 2. The van der Waals surface area contributed by atoms with Crippen molar-refractivity contribution in [1.29, 1.82) is 0 Å². The van der Waals surface area contributed by atoms with Crippen LogP contribution in [0.25, 0.3) is 21.3 Å². The van der Waals surface area contributed by atoms with Gasteiger partial charge < -0.3 is 14.5 Å². The van der Waals surface area contributed by atoms with Gasteiger partial charge in [0.1, 0.15) is 22.7 Å². The molecule has 0 aliphatic carbocycles. The molecule has 1 atom stereocenters. The summed E-state index contributed by atoms with van der Waals surface area (Å²) in [5, 5.41) is 3.11. The van der Waals surface area contributed by atoms with Crippen LogP contribution in [0.5, 0.6) is 5.75 Å². The summed E-state index contributed by atoms with van der Waals surface area (Å²) in [5.41, 5.74) is 2.28. The topological polar surface area (TPSA) is 58.6 Å². The van der Waals surface area contributed by atoms with E-state index in [4.69, 9.17) is 4.74 Å². The summed E-state index contributed by atoms with van der Waals surface area (Å²) in [6.45, 7) is 4.60. The molecule has 5 rings (SSSR count). The second kappa shape index (κ2) is 8.96. The summed E-state index contributed by atoms with van der Waals surface area (Å²) in [6, 6.07) is 20.1. The molecule has 4 aromatic rings. The van der Waals surface area contributed by atoms with Crippen molar-refractivity contribution < 1.29 is 9.53 Å². The number of hydrogen-bond acceptors (Lipinski definition) is 6. The first-order valence-electron chi connectivity index (χ1n) is 10.7. The van der Waals surface area contributed by atoms with Gasteiger partial charge in [0.25, 0.3) is 5.91 Å². The SMILES string of the molecule is CC(Oc1ccc(-c2ccccc2)cc1)C(=O)N1CCN(c2ncnc3sccc23)CC1. The van der Waals surface area contributed by atoms with E-state index in [0.29, 0.717) is 18.8 Å². The number of fused-ring (bicyclic) bond motifs is 1. The highest BCUT2D eigenvalue weighted by Gasteiger charge is 2.27. The zero-order valence-electron chi connectivity index (χ0n) is 17.8. The van der Waals surface area contributed by atoms with Gasteiger partial charge in [0.2, 0.25) is 0 Å². The number of rotatable bonds is 5. The van der Waals surface area contributed by atoms with Crippen molar-refractivity contribution in [3.8, 4) is 16.9 Å². The Morgan fingerprint density at radius 2 is 1.66 bits per heavy atom. The van der Waals surface area contributed by atoms with E-state index in [0.717, 1.165) is 40.3 Å². The number of anilines is 1. The van der Waals surface area contributed by atoms with E-state index < -0.39 is 6.10 Å². The molecule has 1 aliphatic rings. The molecule has 1 aliphatic heterocycles. The van der Waals surface area contributed by atoms with Gasteiger partial charge in [0.05, 0.1) is 5.39 Å². The summed E-state index contributed by atoms with van der Waals surface area (Å²) in [5.74, 6) is 1.66. The lowest BCUT2D eigenvalue weighted by molar-refractivity contribution is -0.138. The van der Waals surface area contributed by atoms with E-state index in [1.165, 1.54) is 0 Å². The van der Waals surface area contributed by atoms with Crippen molar-refractivity contribution in [2.45, 2.75) is 13.0 Å². The molecule has 32 heavy (non-hydrogen) atoms. The van der Waals surface area contributed by atoms with Crippen molar-refractivity contribution in [3.63, 3.8) is 0 Å². The minimum Gasteiger partial charge on any atom is -0.481 e. The predicted molar refractivity (Wildman–Crippen MR) is 128 cm³/mol. The molecule has 0 spiro atoms. The Morgan fingerprint density at radius 3 is 2.41 bits per heavy atom. The van der Waals surface area contributed by atoms with E-state index in [9.17, 15) is 4.79 Å². The Balaban J connectivity index is 1.18. The van der Waals surface area contributed by atoms with E-state index in [1.54, 1.807) is 17.7 Å². The van der Waals surface area contributed by atoms with Crippen LogP contribution in [0, 0.1) is 0 Å². The number of benzene rings is 2. The molecule has 0 N–H and O–H groups in total. The Morgan fingerprint density at radius 1 is 0.938 bits per heavy atom. The lowest BCUT2D eigenvalue weighted by Crippen LogP contribution is -2.52. The minimum atomic E-state index is -0.535. The van der Waals surface area contributed by atoms with Gasteiger partial charge in [-0.3, -0.25) is 4.79 Å². The molecule has 0 radical (unpaired) electrons. The van der Waals surface area contributed by atoms with Crippen molar-refractivity contribution in [1.82, 2.24) is 14.9 Å². The number of carbonyl (C=O) groups excluding carboxylic acids is 1. The normalized spacial score (nSPS) is 15.0. The van der Waals surface area contributed by atoms with Crippen LogP contribution in [0.4, 0.5) is 5.82 Å². The van der Waals surface area contributed by atoms with Crippen LogP contribution in [-0.2, 0) is 4.79 Å². The van der Waals surface area contributed by atoms with Gasteiger partial charge in [-0.2, -0.15) is 0 Å². The lowest BCUT2D eigenvalue weighted by atomic mass is 10.1. The maximum atomic E-state index is 13.0. The van der Waals surface area contributed by atoms with E-state index in [-0.39, 0.29) is 5.91 Å². The fourth-order valence-corrected chi connectivity index (χ4v) is 4.76. The second-order valence-electron chi connectivity index (χ2n) is 7.80. The van der Waals surface area contributed by atoms with E-state index in [2.05, 4.69) is 33.1 Å². The fraction of sp³-hybridized carbons (Fsp3) is 0.240. The van der Waals surface area contributed by atoms with Crippen LogP contribution in [0.2, 0.25) is 0 Å². The first kappa shape index (κ1) is 20.5. The van der Waals surface area contributed by atoms with Crippen LogP contribution < -0.4 is 9.64 Å². The number of nitrogens with zero attached hydrogens (tertiary/aromatic N) is 4. The van der Waals surface area contributed by atoms with Crippen LogP contribution >= 0.6 is 11.3 Å². The van der Waals surface area contributed by atoms with E-state index >= 15 is 0 Å². The molecule has 1 amide bonds. The Labute approximate surface area is 191 Å². The molecule has 6 nitrogen and oxygen atoms in total. The highest BCUT2D eigenvalue weighted by Crippen LogP contribution is 2.27. The van der Waals surface area contributed by atoms with Crippen molar-refractivity contribution in [2.75, 3.05) is 31.1 Å². The summed E-state index contributed by atoms with van der Waals surface area (Å²) in [4.78, 5) is 26.9. The predicted octanol–water partition coefficient (Wildman–Crippen LogP) is 4.47. The van der Waals surface area contributed by atoms with Crippen molar-refractivity contribution in [3.05, 3.63) is 72.4 Å². The first-order valence-corrected chi connectivity index (χ1v) is 11.6. The van der Waals surface area contributed by atoms with Gasteiger partial charge in [0, 0.05) is 26.2 Å². The number of ether oxygens (including phenoxy) is 1. The first-order chi connectivity index (χ1) is 15.7. The van der Waals surface area contributed by atoms with Crippen molar-refractivity contribution >= 4 is 33.3 Å². The van der Waals surface area contributed by atoms with E-state index in [1.807, 2.05) is 59.7 Å². The molecule has 1 fully saturated rings. The van der Waals surface area contributed by atoms with Gasteiger partial charge in [0.15, 0.2) is 6.10 Å². The molecular formula is C25H24N4O2S. The van der Waals surface area contributed by atoms with Crippen LogP contribution in [-0.4, -0.2) is 53.1 Å². The highest BCUT2D eigenvalue weighted by atomic mass is 32.1. The Kier molecular flexibility index (Phi) is 5.73. The summed E-state index contributed by atoms with van der Waals surface area (Å²) in [7, 11) is 0. The molecule has 1 unspecified atom stereocenters. The number of hydrogen-bond donors (Lipinski definition) is 0. The summed E-state index contributed by atoms with van der Waals surface area (Å²) in [6.07, 6.45) is 1.08. The van der Waals surface area contributed by atoms with Gasteiger partial charge >= 0.3 is 0 Å². The molecule has 162 valence electrons. The second-order valence-corrected chi connectivity index (χ2v) is 8.69. The van der Waals surface area contributed by atoms with Gasteiger partial charge in [-0.05, 0) is 41.6 Å². The molecule has 2 aromatic carbocycles. The van der Waals surface area contributed by atoms with Gasteiger partial charge in [-0.1, -0.05) is 42.5 Å². The molecule has 3 heterocycles. The van der Waals surface area contributed by atoms with Gasteiger partial charge in [-0.15, -0.1) is 11.3 Å². The van der Waals surface area contributed by atoms with Crippen LogP contribution in [0.3, 0.4) is 0 Å². The van der Waals surface area contributed by atoms with Crippen LogP contribution in [0.1, 0.15) is 6.92 Å². The zero-order valence-corrected chi connectivity index (χ0v) is 18.7. The van der Waals surface area contributed by atoms with Crippen LogP contribution in [0.15, 0.2) is 72.4 Å². The smallest absolute Gasteiger partial charge is 0.263 e. The Hall–Kier alpha value is -3.45. The maximum absolute atomic E-state index is 13.0. The average Bonchev–Trinajstić information content (AvgIpc) is 3.34. The summed E-state index contributed by atoms with van der Waals surface area (Å²) >= 11 is 1.62. The summed E-state index contributed by atoms with van der Waals surface area (Å²) < 4.78 is 5.95. The third kappa shape index (κ3) is 4.16. The highest BCUT2D eigenvalue weighted by molar-refractivity contribution is 7.16. The number of thiophene rings is 1. The number of amides is 1. The van der Waals surface area contributed by atoms with Gasteiger partial charge in [-0.25, -0.2) is 9.97 Å². The minimum absolute atomic E-state index is 0.0140. The molecular weight excluding hydrogens is 420 g/mol. The lowest BCUT2D eigenvalue weighted by Gasteiger charge is -2.36. The fourth-order valence-electron chi connectivity index (χ4n) is 4.04. The number of piperazine rings is 1. The molecule has 0 bridgehead atoms. The maximum Gasteiger partial charge on any atom is 0.263 e. The third-order valence-electron chi connectivity index (χ3n) is 5.75. The zero-order chi connectivity index (χ0) is 21.9. The molecule has 1 saturated heterocycles. The van der Waals surface area contributed by atoms with Crippen molar-refractivity contribution in [2.24, 2.45) is 0 Å². The monoisotopic (exact) mass is 444 g/mol.